The van der Waals surface area contributed by atoms with Crippen LogP contribution in [0.25, 0.3) is 0 Å². The summed E-state index contributed by atoms with van der Waals surface area (Å²) >= 11 is 0. The van der Waals surface area contributed by atoms with Crippen molar-refractivity contribution in [3.05, 3.63) is 29.3 Å². The second-order valence-electron chi connectivity index (χ2n) is 3.82. The van der Waals surface area contributed by atoms with Crippen LogP contribution in [0, 0.1) is 0 Å². The smallest absolute Gasteiger partial charge is 0.313 e. The number of methoxy groups -OCH3 is 1. The third-order valence-corrected chi connectivity index (χ3v) is 2.95. The molecule has 0 saturated heterocycles. The number of carbonyl (C=O) groups is 1. The van der Waals surface area contributed by atoms with Crippen LogP contribution < -0.4 is 0 Å². The number of carbonyl (C=O) groups excluding carboxylic acids is 1. The first-order valence-electron chi connectivity index (χ1n) is 5.12. The van der Waals surface area contributed by atoms with Crippen LogP contribution in [0.1, 0.15) is 29.9 Å². The highest BCUT2D eigenvalue weighted by Crippen LogP contribution is 2.37. The quantitative estimate of drug-likeness (QED) is 0.715. The van der Waals surface area contributed by atoms with Gasteiger partial charge < -0.3 is 9.84 Å². The van der Waals surface area contributed by atoms with E-state index in [4.69, 9.17) is 4.74 Å². The lowest BCUT2D eigenvalue weighted by atomic mass is 9.82. The summed E-state index contributed by atoms with van der Waals surface area (Å²) in [5, 5.41) is 9.76. The number of esters is 1. The van der Waals surface area contributed by atoms with Gasteiger partial charge in [-0.2, -0.15) is 0 Å². The molecule has 0 aromatic heterocycles. The number of fused-ring (bicyclic) bond motifs is 1. The van der Waals surface area contributed by atoms with Crippen molar-refractivity contribution in [1.29, 1.82) is 0 Å². The number of ether oxygens (including phenoxy) is 1. The minimum Gasteiger partial charge on any atom is -0.508 e. The lowest BCUT2D eigenvalue weighted by Crippen LogP contribution is -2.19. The van der Waals surface area contributed by atoms with Gasteiger partial charge in [0.15, 0.2) is 0 Å². The summed E-state index contributed by atoms with van der Waals surface area (Å²) in [5.41, 5.74) is 1.83. The molecule has 0 saturated carbocycles. The molecule has 1 atom stereocenters. The van der Waals surface area contributed by atoms with Crippen molar-refractivity contribution in [3.63, 3.8) is 0 Å². The fourth-order valence-corrected chi connectivity index (χ4v) is 2.24. The molecule has 3 heteroatoms. The van der Waals surface area contributed by atoms with Gasteiger partial charge in [0.25, 0.3) is 0 Å². The lowest BCUT2D eigenvalue weighted by Gasteiger charge is -2.24. The predicted molar refractivity (Wildman–Crippen MR) is 55.8 cm³/mol. The fraction of sp³-hybridized carbons (Fsp3) is 0.417. The highest BCUT2D eigenvalue weighted by molar-refractivity contribution is 5.80. The van der Waals surface area contributed by atoms with Crippen LogP contribution in [0.5, 0.6) is 5.75 Å². The van der Waals surface area contributed by atoms with E-state index >= 15 is 0 Å². The number of rotatable bonds is 1. The van der Waals surface area contributed by atoms with E-state index in [9.17, 15) is 9.90 Å². The van der Waals surface area contributed by atoms with Gasteiger partial charge in [-0.15, -0.1) is 0 Å². The van der Waals surface area contributed by atoms with Gasteiger partial charge >= 0.3 is 5.97 Å². The summed E-state index contributed by atoms with van der Waals surface area (Å²) in [6, 6.07) is 5.40. The summed E-state index contributed by atoms with van der Waals surface area (Å²) in [6.07, 6.45) is 2.66. The molecule has 0 bridgehead atoms. The molecule has 15 heavy (non-hydrogen) atoms. The maximum atomic E-state index is 11.5. The van der Waals surface area contributed by atoms with Crippen molar-refractivity contribution in [3.8, 4) is 5.75 Å². The number of aryl methyl sites for hydroxylation is 1. The number of benzene rings is 1. The van der Waals surface area contributed by atoms with Crippen molar-refractivity contribution in [2.24, 2.45) is 0 Å². The molecule has 1 unspecified atom stereocenters. The van der Waals surface area contributed by atoms with Crippen molar-refractivity contribution in [2.75, 3.05) is 7.11 Å². The van der Waals surface area contributed by atoms with Gasteiger partial charge in [0.2, 0.25) is 0 Å². The van der Waals surface area contributed by atoms with E-state index in [1.54, 1.807) is 6.07 Å². The van der Waals surface area contributed by atoms with E-state index in [0.29, 0.717) is 0 Å². The predicted octanol–water partition coefficient (Wildman–Crippen LogP) is 1.99. The van der Waals surface area contributed by atoms with E-state index in [0.717, 1.165) is 30.4 Å². The van der Waals surface area contributed by atoms with Gasteiger partial charge in [0, 0.05) is 5.56 Å². The average molecular weight is 206 g/mol. The number of aromatic hydroxyl groups is 1. The Balaban J connectivity index is 2.45. The van der Waals surface area contributed by atoms with Crippen molar-refractivity contribution in [1.82, 2.24) is 0 Å². The molecule has 0 amide bonds. The molecule has 80 valence electrons. The normalized spacial score (nSPS) is 19.4. The summed E-state index contributed by atoms with van der Waals surface area (Å²) in [7, 11) is 1.39. The van der Waals surface area contributed by atoms with E-state index in [-0.39, 0.29) is 17.6 Å². The van der Waals surface area contributed by atoms with Crippen molar-refractivity contribution in [2.45, 2.75) is 25.2 Å². The Morgan fingerprint density at radius 2 is 2.33 bits per heavy atom. The second kappa shape index (κ2) is 3.93. The van der Waals surface area contributed by atoms with E-state index < -0.39 is 0 Å². The zero-order chi connectivity index (χ0) is 10.8. The molecule has 1 N–H and O–H groups in total. The minimum absolute atomic E-state index is 0.211. The summed E-state index contributed by atoms with van der Waals surface area (Å²) in [4.78, 5) is 11.5. The molecule has 3 nitrogen and oxygen atoms in total. The molecule has 0 aliphatic heterocycles. The Morgan fingerprint density at radius 3 is 3.07 bits per heavy atom. The molecule has 1 aliphatic rings. The van der Waals surface area contributed by atoms with E-state index in [2.05, 4.69) is 0 Å². The van der Waals surface area contributed by atoms with Crippen LogP contribution >= 0.6 is 0 Å². The molecular formula is C12H14O3. The van der Waals surface area contributed by atoms with E-state index in [1.807, 2.05) is 12.1 Å². The zero-order valence-corrected chi connectivity index (χ0v) is 8.69. The maximum absolute atomic E-state index is 11.5. The SMILES string of the molecule is COC(=O)C1CCCc2cccc(O)c21. The second-order valence-corrected chi connectivity index (χ2v) is 3.82. The van der Waals surface area contributed by atoms with Crippen LogP contribution in [0.3, 0.4) is 0 Å². The van der Waals surface area contributed by atoms with E-state index in [1.165, 1.54) is 7.11 Å². The van der Waals surface area contributed by atoms with Gasteiger partial charge in [0.05, 0.1) is 13.0 Å². The highest BCUT2D eigenvalue weighted by atomic mass is 16.5. The first-order chi connectivity index (χ1) is 7.24. The Hall–Kier alpha value is -1.51. The molecule has 0 fully saturated rings. The first kappa shape index (κ1) is 10.0. The van der Waals surface area contributed by atoms with Crippen LogP contribution in [0.4, 0.5) is 0 Å². The van der Waals surface area contributed by atoms with Gasteiger partial charge in [0.1, 0.15) is 5.75 Å². The standard InChI is InChI=1S/C12H14O3/c1-15-12(14)9-6-2-4-8-5-3-7-10(13)11(8)9/h3,5,7,9,13H,2,4,6H2,1H3. The summed E-state index contributed by atoms with van der Waals surface area (Å²) in [5.74, 6) is -0.333. The highest BCUT2D eigenvalue weighted by Gasteiger charge is 2.29. The maximum Gasteiger partial charge on any atom is 0.313 e. The van der Waals surface area contributed by atoms with Gasteiger partial charge in [-0.05, 0) is 30.9 Å². The molecule has 1 aromatic rings. The van der Waals surface area contributed by atoms with Crippen LogP contribution in [-0.4, -0.2) is 18.2 Å². The number of hydrogen-bond acceptors (Lipinski definition) is 3. The Labute approximate surface area is 88.7 Å². The van der Waals surface area contributed by atoms with Crippen LogP contribution in [0.2, 0.25) is 0 Å². The molecule has 0 radical (unpaired) electrons. The summed E-state index contributed by atoms with van der Waals surface area (Å²) < 4.78 is 4.75. The average Bonchev–Trinajstić information content (AvgIpc) is 2.28. The third-order valence-electron chi connectivity index (χ3n) is 2.95. The monoisotopic (exact) mass is 206 g/mol. The topological polar surface area (TPSA) is 46.5 Å². The Bertz CT molecular complexity index is 384. The van der Waals surface area contributed by atoms with Crippen molar-refractivity contribution < 1.29 is 14.6 Å². The van der Waals surface area contributed by atoms with Gasteiger partial charge in [-0.25, -0.2) is 0 Å². The number of hydrogen-bond donors (Lipinski definition) is 1. The van der Waals surface area contributed by atoms with Crippen molar-refractivity contribution >= 4 is 5.97 Å². The molecule has 2 rings (SSSR count). The molecule has 0 spiro atoms. The number of phenols is 1. The summed E-state index contributed by atoms with van der Waals surface area (Å²) in [6.45, 7) is 0. The fourth-order valence-electron chi connectivity index (χ4n) is 2.24. The number of phenolic OH excluding ortho intramolecular Hbond substituents is 1. The lowest BCUT2D eigenvalue weighted by molar-refractivity contribution is -0.142. The minimum atomic E-state index is -0.292. The molecule has 1 aliphatic carbocycles. The molecule has 0 heterocycles. The van der Waals surface area contributed by atoms with Gasteiger partial charge in [-0.3, -0.25) is 4.79 Å². The van der Waals surface area contributed by atoms with Crippen LogP contribution in [-0.2, 0) is 16.0 Å². The van der Waals surface area contributed by atoms with Crippen LogP contribution in [0.15, 0.2) is 18.2 Å². The Kier molecular flexibility index (Phi) is 2.62. The zero-order valence-electron chi connectivity index (χ0n) is 8.69. The Morgan fingerprint density at radius 1 is 1.53 bits per heavy atom. The third kappa shape index (κ3) is 1.69. The molecule has 1 aromatic carbocycles. The molecular weight excluding hydrogens is 192 g/mol. The first-order valence-corrected chi connectivity index (χ1v) is 5.12. The largest absolute Gasteiger partial charge is 0.508 e. The van der Waals surface area contributed by atoms with Gasteiger partial charge in [-0.1, -0.05) is 12.1 Å².